The lowest BCUT2D eigenvalue weighted by Gasteiger charge is -2.21. The van der Waals surface area contributed by atoms with Gasteiger partial charge in [0.2, 0.25) is 5.52 Å². The molecule has 0 saturated heterocycles. The van der Waals surface area contributed by atoms with Crippen molar-refractivity contribution in [1.82, 2.24) is 0 Å². The van der Waals surface area contributed by atoms with Crippen molar-refractivity contribution in [3.63, 3.8) is 0 Å². The molecule has 1 aromatic heterocycles. The van der Waals surface area contributed by atoms with Gasteiger partial charge in [0.15, 0.2) is 6.20 Å². The number of aryl methyl sites for hydroxylation is 1. The van der Waals surface area contributed by atoms with Crippen molar-refractivity contribution in [1.29, 1.82) is 0 Å². The first-order valence-corrected chi connectivity index (χ1v) is 13.0. The average Bonchev–Trinajstić information content (AvgIpc) is 2.83. The Kier molecular flexibility index (Phi) is 8.29. The van der Waals surface area contributed by atoms with Crippen LogP contribution >= 0.6 is 11.8 Å². The molecule has 4 rings (SSSR count). The molecule has 1 aliphatic carbocycles. The second kappa shape index (κ2) is 11.6. The molecule has 0 N–H and O–H groups in total. The van der Waals surface area contributed by atoms with Crippen LogP contribution in [0.3, 0.4) is 0 Å². The molecular weight excluding hydrogens is 398 g/mol. The summed E-state index contributed by atoms with van der Waals surface area (Å²) >= 11 is 1.91. The van der Waals surface area contributed by atoms with E-state index in [1.54, 1.807) is 7.11 Å². The van der Waals surface area contributed by atoms with E-state index >= 15 is 0 Å². The van der Waals surface area contributed by atoms with Gasteiger partial charge in [0.1, 0.15) is 12.3 Å². The van der Waals surface area contributed by atoms with Gasteiger partial charge in [-0.1, -0.05) is 69.2 Å². The van der Waals surface area contributed by atoms with Crippen molar-refractivity contribution in [3.8, 4) is 5.75 Å². The van der Waals surface area contributed by atoms with E-state index in [1.807, 2.05) is 17.8 Å². The molecule has 1 fully saturated rings. The standard InChI is InChI=1S/C28H36NOS/c1-30-26-16-10-14-24(19-26)22-31-27-20-25-15-7-8-17-28(25)29(21-27)18-9-3-6-13-23-11-4-2-5-12-23/h7-8,10,14-17,19-21,23H,2-6,9,11-13,18,22H2,1H3/q+1. The van der Waals surface area contributed by atoms with Gasteiger partial charge in [-0.2, -0.15) is 4.57 Å². The number of hydrogen-bond acceptors (Lipinski definition) is 2. The minimum Gasteiger partial charge on any atom is -0.497 e. The molecule has 1 saturated carbocycles. The fraction of sp³-hybridized carbons (Fsp3) is 0.464. The molecule has 2 nitrogen and oxygen atoms in total. The summed E-state index contributed by atoms with van der Waals surface area (Å²) in [6.45, 7) is 1.11. The van der Waals surface area contributed by atoms with E-state index in [0.717, 1.165) is 24.0 Å². The maximum absolute atomic E-state index is 5.37. The van der Waals surface area contributed by atoms with Crippen LogP contribution in [0.2, 0.25) is 0 Å². The van der Waals surface area contributed by atoms with Gasteiger partial charge in [0.05, 0.1) is 12.0 Å². The highest BCUT2D eigenvalue weighted by atomic mass is 32.2. The van der Waals surface area contributed by atoms with E-state index in [0.29, 0.717) is 0 Å². The Balaban J connectivity index is 1.36. The zero-order valence-corrected chi connectivity index (χ0v) is 19.7. The molecule has 0 amide bonds. The highest BCUT2D eigenvalue weighted by Gasteiger charge is 2.14. The maximum Gasteiger partial charge on any atom is 0.212 e. The zero-order chi connectivity index (χ0) is 21.3. The van der Waals surface area contributed by atoms with Crippen LogP contribution in [-0.4, -0.2) is 7.11 Å². The SMILES string of the molecule is COc1cccc(CSc2cc3ccccc3[n+](CCCCCC3CCCCC3)c2)c1. The Morgan fingerprint density at radius 2 is 1.81 bits per heavy atom. The van der Waals surface area contributed by atoms with Crippen molar-refractivity contribution in [3.05, 3.63) is 66.4 Å². The van der Waals surface area contributed by atoms with E-state index in [4.69, 9.17) is 4.74 Å². The summed E-state index contributed by atoms with van der Waals surface area (Å²) in [5, 5.41) is 1.33. The fourth-order valence-corrected chi connectivity index (χ4v) is 5.77. The predicted octanol–water partition coefficient (Wildman–Crippen LogP) is 7.57. The van der Waals surface area contributed by atoms with Crippen LogP contribution in [0, 0.1) is 5.92 Å². The predicted molar refractivity (Wildman–Crippen MR) is 132 cm³/mol. The third-order valence-electron chi connectivity index (χ3n) is 6.60. The van der Waals surface area contributed by atoms with E-state index in [-0.39, 0.29) is 0 Å². The Morgan fingerprint density at radius 3 is 2.68 bits per heavy atom. The summed E-state index contributed by atoms with van der Waals surface area (Å²) in [6.07, 6.45) is 15.2. The third kappa shape index (κ3) is 6.49. The quantitative estimate of drug-likeness (QED) is 0.185. The first-order valence-electron chi connectivity index (χ1n) is 12.0. The Morgan fingerprint density at radius 1 is 0.935 bits per heavy atom. The molecule has 3 aromatic rings. The number of thioether (sulfide) groups is 1. The van der Waals surface area contributed by atoms with Crippen molar-refractivity contribution in [2.75, 3.05) is 7.11 Å². The average molecular weight is 435 g/mol. The molecule has 31 heavy (non-hydrogen) atoms. The number of hydrogen-bond donors (Lipinski definition) is 0. The number of nitrogens with zero attached hydrogens (tertiary/aromatic N) is 1. The number of benzene rings is 2. The summed E-state index contributed by atoms with van der Waals surface area (Å²) in [5.74, 6) is 2.90. The van der Waals surface area contributed by atoms with Gasteiger partial charge in [-0.05, 0) is 42.2 Å². The Hall–Kier alpha value is -2.00. The van der Waals surface area contributed by atoms with Gasteiger partial charge < -0.3 is 4.74 Å². The molecule has 0 radical (unpaired) electrons. The smallest absolute Gasteiger partial charge is 0.212 e. The summed E-state index contributed by atoms with van der Waals surface area (Å²) in [6, 6.07) is 19.5. The topological polar surface area (TPSA) is 13.1 Å². The van der Waals surface area contributed by atoms with Crippen LogP contribution in [0.15, 0.2) is 65.7 Å². The first kappa shape index (κ1) is 22.2. The van der Waals surface area contributed by atoms with Gasteiger partial charge in [-0.15, -0.1) is 11.8 Å². The molecule has 0 unspecified atom stereocenters. The summed E-state index contributed by atoms with van der Waals surface area (Å²) in [4.78, 5) is 1.34. The highest BCUT2D eigenvalue weighted by Crippen LogP contribution is 2.28. The van der Waals surface area contributed by atoms with Gasteiger partial charge in [-0.3, -0.25) is 0 Å². The largest absolute Gasteiger partial charge is 0.497 e. The zero-order valence-electron chi connectivity index (χ0n) is 18.9. The monoisotopic (exact) mass is 434 g/mol. The molecule has 0 aliphatic heterocycles. The molecule has 0 atom stereocenters. The third-order valence-corrected chi connectivity index (χ3v) is 7.64. The molecule has 0 bridgehead atoms. The lowest BCUT2D eigenvalue weighted by atomic mass is 9.85. The van der Waals surface area contributed by atoms with Crippen LogP contribution in [-0.2, 0) is 12.3 Å². The highest BCUT2D eigenvalue weighted by molar-refractivity contribution is 7.98. The Bertz CT molecular complexity index is 964. The number of fused-ring (bicyclic) bond motifs is 1. The number of ether oxygens (including phenoxy) is 1. The molecule has 1 aliphatic rings. The lowest BCUT2D eigenvalue weighted by molar-refractivity contribution is -0.673. The van der Waals surface area contributed by atoms with E-state index in [9.17, 15) is 0 Å². The second-order valence-electron chi connectivity index (χ2n) is 8.92. The second-order valence-corrected chi connectivity index (χ2v) is 9.97. The van der Waals surface area contributed by atoms with Crippen molar-refractivity contribution >= 4 is 22.7 Å². The van der Waals surface area contributed by atoms with Gasteiger partial charge >= 0.3 is 0 Å². The molecule has 2 aromatic carbocycles. The molecular formula is C28H36NOS+. The molecule has 3 heteroatoms. The summed E-state index contributed by atoms with van der Waals surface area (Å²) in [7, 11) is 1.73. The number of aromatic nitrogens is 1. The van der Waals surface area contributed by atoms with Crippen LogP contribution in [0.4, 0.5) is 0 Å². The van der Waals surface area contributed by atoms with E-state index < -0.39 is 0 Å². The van der Waals surface area contributed by atoms with Crippen molar-refractivity contribution < 1.29 is 9.30 Å². The van der Waals surface area contributed by atoms with Crippen LogP contribution in [0.1, 0.15) is 63.4 Å². The van der Waals surface area contributed by atoms with Crippen LogP contribution < -0.4 is 9.30 Å². The maximum atomic E-state index is 5.37. The Labute approximate surface area is 192 Å². The van der Waals surface area contributed by atoms with Crippen molar-refractivity contribution in [2.45, 2.75) is 75.0 Å². The molecule has 164 valence electrons. The van der Waals surface area contributed by atoms with E-state index in [1.165, 1.54) is 79.1 Å². The number of rotatable bonds is 10. The fourth-order valence-electron chi connectivity index (χ4n) is 4.85. The lowest BCUT2D eigenvalue weighted by Crippen LogP contribution is -2.34. The molecule has 1 heterocycles. The van der Waals surface area contributed by atoms with Crippen LogP contribution in [0.25, 0.3) is 10.9 Å². The van der Waals surface area contributed by atoms with Gasteiger partial charge in [0.25, 0.3) is 0 Å². The molecule has 0 spiro atoms. The number of methoxy groups -OCH3 is 1. The number of pyridine rings is 1. The van der Waals surface area contributed by atoms with Gasteiger partial charge in [-0.25, -0.2) is 0 Å². The van der Waals surface area contributed by atoms with Crippen molar-refractivity contribution in [2.24, 2.45) is 5.92 Å². The normalized spacial score (nSPS) is 14.7. The van der Waals surface area contributed by atoms with Crippen LogP contribution in [0.5, 0.6) is 5.75 Å². The first-order chi connectivity index (χ1) is 15.3. The van der Waals surface area contributed by atoms with E-state index in [2.05, 4.69) is 59.3 Å². The summed E-state index contributed by atoms with van der Waals surface area (Å²) < 4.78 is 7.85. The minimum atomic E-state index is 0.930. The summed E-state index contributed by atoms with van der Waals surface area (Å²) in [5.41, 5.74) is 2.65. The number of para-hydroxylation sites is 1. The number of unbranched alkanes of at least 4 members (excludes halogenated alkanes) is 2. The minimum absolute atomic E-state index is 0.930. The van der Waals surface area contributed by atoms with Gasteiger partial charge in [0, 0.05) is 23.6 Å².